The highest BCUT2D eigenvalue weighted by Crippen LogP contribution is 2.46. The van der Waals surface area contributed by atoms with Crippen molar-refractivity contribution in [1.82, 2.24) is 0 Å². The molecule has 14 nitrogen and oxygen atoms in total. The molecule has 1 aromatic rings. The van der Waals surface area contributed by atoms with Crippen LogP contribution in [0.25, 0.3) is 0 Å². The third kappa shape index (κ3) is 4.57. The zero-order valence-corrected chi connectivity index (χ0v) is 17.9. The maximum atomic E-state index is 12.3. The SMILES string of the molecule is CC(=O)c1c(OC2OC(CO)C(O)C(O)C2O)cc(O)c(C2OC(CO)C(O)C(O)C2O)c1O. The largest absolute Gasteiger partial charge is 0.507 e. The summed E-state index contributed by atoms with van der Waals surface area (Å²) in [5, 5.41) is 100. The Morgan fingerprint density at radius 1 is 0.853 bits per heavy atom. The van der Waals surface area contributed by atoms with Gasteiger partial charge in [0.25, 0.3) is 0 Å². The number of phenols is 2. The van der Waals surface area contributed by atoms with E-state index in [1.165, 1.54) is 0 Å². The van der Waals surface area contributed by atoms with E-state index in [1.54, 1.807) is 0 Å². The third-order valence-corrected chi connectivity index (χ3v) is 5.90. The molecule has 0 aromatic heterocycles. The quantitative estimate of drug-likeness (QED) is 0.170. The van der Waals surface area contributed by atoms with E-state index in [4.69, 9.17) is 14.2 Å². The molecule has 10 N–H and O–H groups in total. The van der Waals surface area contributed by atoms with Crippen LogP contribution in [0.4, 0.5) is 0 Å². The van der Waals surface area contributed by atoms with Crippen LogP contribution < -0.4 is 4.74 Å². The van der Waals surface area contributed by atoms with E-state index < -0.39 is 109 Å². The van der Waals surface area contributed by atoms with Gasteiger partial charge in [0.2, 0.25) is 6.29 Å². The molecule has 192 valence electrons. The summed E-state index contributed by atoms with van der Waals surface area (Å²) in [6.45, 7) is -0.513. The normalized spacial score (nSPS) is 38.5. The van der Waals surface area contributed by atoms with Gasteiger partial charge in [-0.2, -0.15) is 0 Å². The Hall–Kier alpha value is -2.11. The summed E-state index contributed by atoms with van der Waals surface area (Å²) in [5.74, 6) is -3.08. The lowest BCUT2D eigenvalue weighted by molar-refractivity contribution is -0.277. The molecule has 2 saturated heterocycles. The molecule has 10 unspecified atom stereocenters. The van der Waals surface area contributed by atoms with Crippen LogP contribution in [0.2, 0.25) is 0 Å². The first-order valence-electron chi connectivity index (χ1n) is 10.3. The lowest BCUT2D eigenvalue weighted by Crippen LogP contribution is -2.60. The summed E-state index contributed by atoms with van der Waals surface area (Å²) in [6.07, 6.45) is -16.9. The number of hydrogen-bond acceptors (Lipinski definition) is 14. The van der Waals surface area contributed by atoms with Gasteiger partial charge in [-0.25, -0.2) is 0 Å². The first-order chi connectivity index (χ1) is 15.9. The summed E-state index contributed by atoms with van der Waals surface area (Å²) in [7, 11) is 0. The number of carbonyl (C=O) groups is 1. The fourth-order valence-electron chi connectivity index (χ4n) is 3.99. The van der Waals surface area contributed by atoms with Crippen LogP contribution in [0.5, 0.6) is 17.2 Å². The Balaban J connectivity index is 2.02. The summed E-state index contributed by atoms with van der Waals surface area (Å²) in [4.78, 5) is 12.3. The van der Waals surface area contributed by atoms with Crippen LogP contribution in [0.15, 0.2) is 6.07 Å². The minimum Gasteiger partial charge on any atom is -0.507 e. The summed E-state index contributed by atoms with van der Waals surface area (Å²) in [6, 6.07) is 0.814. The predicted octanol–water partition coefficient (Wildman–Crippen LogP) is -4.01. The number of phenolic OH excluding ortho intramolecular Hbond substituents is 2. The molecule has 0 bridgehead atoms. The lowest BCUT2D eigenvalue weighted by atomic mass is 9.89. The number of benzene rings is 1. The van der Waals surface area contributed by atoms with Crippen molar-refractivity contribution in [1.29, 1.82) is 0 Å². The van der Waals surface area contributed by atoms with Crippen molar-refractivity contribution in [2.75, 3.05) is 13.2 Å². The van der Waals surface area contributed by atoms with Crippen LogP contribution in [0.3, 0.4) is 0 Å². The van der Waals surface area contributed by atoms with Gasteiger partial charge in [-0.05, 0) is 6.92 Å². The molecular formula is C20H28O14. The van der Waals surface area contributed by atoms with Crippen molar-refractivity contribution in [2.24, 2.45) is 0 Å². The lowest BCUT2D eigenvalue weighted by Gasteiger charge is -2.41. The first-order valence-corrected chi connectivity index (χ1v) is 10.3. The number of hydrogen-bond donors (Lipinski definition) is 10. The zero-order chi connectivity index (χ0) is 25.5. The molecular weight excluding hydrogens is 464 g/mol. The second-order valence-electron chi connectivity index (χ2n) is 8.15. The van der Waals surface area contributed by atoms with Crippen LogP contribution in [-0.2, 0) is 9.47 Å². The predicted molar refractivity (Wildman–Crippen MR) is 107 cm³/mol. The zero-order valence-electron chi connectivity index (χ0n) is 17.9. The van der Waals surface area contributed by atoms with Crippen molar-refractivity contribution in [3.8, 4) is 17.2 Å². The van der Waals surface area contributed by atoms with Crippen molar-refractivity contribution in [3.05, 3.63) is 17.2 Å². The Labute approximate surface area is 192 Å². The monoisotopic (exact) mass is 492 g/mol. The van der Waals surface area contributed by atoms with E-state index in [0.29, 0.717) is 0 Å². The number of carbonyl (C=O) groups excluding carboxylic acids is 1. The van der Waals surface area contributed by atoms with Crippen molar-refractivity contribution in [3.63, 3.8) is 0 Å². The number of ketones is 1. The van der Waals surface area contributed by atoms with Crippen LogP contribution in [0.1, 0.15) is 28.9 Å². The highest BCUT2D eigenvalue weighted by Gasteiger charge is 2.48. The maximum Gasteiger partial charge on any atom is 0.229 e. The topological polar surface area (TPSA) is 247 Å². The average Bonchev–Trinajstić information content (AvgIpc) is 2.78. The molecule has 0 radical (unpaired) electrons. The molecule has 1 aromatic carbocycles. The first kappa shape index (κ1) is 26.5. The molecule has 0 saturated carbocycles. The molecule has 34 heavy (non-hydrogen) atoms. The number of Topliss-reactive ketones (excluding diaryl/α,β-unsaturated/α-hetero) is 1. The Bertz CT molecular complexity index is 889. The molecule has 10 atom stereocenters. The summed E-state index contributed by atoms with van der Waals surface area (Å²) >= 11 is 0. The van der Waals surface area contributed by atoms with E-state index in [9.17, 15) is 55.9 Å². The molecule has 2 aliphatic rings. The van der Waals surface area contributed by atoms with Gasteiger partial charge >= 0.3 is 0 Å². The van der Waals surface area contributed by atoms with E-state index in [-0.39, 0.29) is 0 Å². The minimum absolute atomic E-state index is 0.528. The van der Waals surface area contributed by atoms with Gasteiger partial charge in [0, 0.05) is 6.07 Å². The van der Waals surface area contributed by atoms with Gasteiger partial charge in [0.15, 0.2) is 5.78 Å². The third-order valence-electron chi connectivity index (χ3n) is 5.90. The van der Waals surface area contributed by atoms with Crippen LogP contribution >= 0.6 is 0 Å². The fourth-order valence-corrected chi connectivity index (χ4v) is 3.99. The second-order valence-corrected chi connectivity index (χ2v) is 8.15. The second kappa shape index (κ2) is 10.2. The maximum absolute atomic E-state index is 12.3. The van der Waals surface area contributed by atoms with Crippen LogP contribution in [0, 0.1) is 0 Å². The number of ether oxygens (including phenoxy) is 3. The molecule has 0 spiro atoms. The van der Waals surface area contributed by atoms with Crippen LogP contribution in [-0.4, -0.2) is 125 Å². The molecule has 2 fully saturated rings. The number of aliphatic hydroxyl groups excluding tert-OH is 8. The van der Waals surface area contributed by atoms with Gasteiger partial charge in [0.1, 0.15) is 77.7 Å². The van der Waals surface area contributed by atoms with Gasteiger partial charge in [-0.15, -0.1) is 0 Å². The minimum atomic E-state index is -1.88. The highest BCUT2D eigenvalue weighted by molar-refractivity contribution is 6.00. The van der Waals surface area contributed by atoms with E-state index in [2.05, 4.69) is 0 Å². The molecule has 0 aliphatic carbocycles. The number of aliphatic hydroxyl groups is 8. The van der Waals surface area contributed by atoms with Gasteiger partial charge in [-0.3, -0.25) is 4.79 Å². The van der Waals surface area contributed by atoms with E-state index >= 15 is 0 Å². The number of rotatable bonds is 6. The average molecular weight is 492 g/mol. The molecule has 0 amide bonds. The van der Waals surface area contributed by atoms with E-state index in [1.807, 2.05) is 0 Å². The molecule has 2 heterocycles. The number of aromatic hydroxyl groups is 2. The Morgan fingerprint density at radius 3 is 1.91 bits per heavy atom. The fraction of sp³-hybridized carbons (Fsp3) is 0.650. The van der Waals surface area contributed by atoms with Crippen molar-refractivity contribution < 1.29 is 70.1 Å². The smallest absolute Gasteiger partial charge is 0.229 e. The van der Waals surface area contributed by atoms with Crippen molar-refractivity contribution >= 4 is 5.78 Å². The van der Waals surface area contributed by atoms with Gasteiger partial charge in [-0.1, -0.05) is 0 Å². The highest BCUT2D eigenvalue weighted by atomic mass is 16.7. The molecule has 14 heteroatoms. The summed E-state index contributed by atoms with van der Waals surface area (Å²) < 4.78 is 15.9. The molecule has 2 aliphatic heterocycles. The standard InChI is InChI=1S/C20H28O14/c1-5(23)10-7(33-20-18(31)16(29)13(26)9(4-22)34-20)2-6(24)11(14(10)27)19-17(30)15(28)12(25)8(3-21)32-19/h2,8-9,12-13,15-22,24-31H,3-4H2,1H3. The van der Waals surface area contributed by atoms with E-state index in [0.717, 1.165) is 13.0 Å². The Kier molecular flexibility index (Phi) is 7.99. The molecule has 3 rings (SSSR count). The van der Waals surface area contributed by atoms with Gasteiger partial charge < -0.3 is 65.3 Å². The van der Waals surface area contributed by atoms with Crippen molar-refractivity contribution in [2.45, 2.75) is 68.1 Å². The Morgan fingerprint density at radius 2 is 1.38 bits per heavy atom. The van der Waals surface area contributed by atoms with Gasteiger partial charge in [0.05, 0.1) is 18.8 Å². The summed E-state index contributed by atoms with van der Waals surface area (Å²) in [5.41, 5.74) is -1.12.